The molecule has 1 N–H and O–H groups in total. The van der Waals surface area contributed by atoms with E-state index in [-0.39, 0.29) is 6.61 Å². The lowest BCUT2D eigenvalue weighted by Gasteiger charge is -2.21. The maximum absolute atomic E-state index is 11.8. The average molecular weight is 242 g/mol. The van der Waals surface area contributed by atoms with E-state index >= 15 is 0 Å². The topological polar surface area (TPSA) is 24.5 Å². The van der Waals surface area contributed by atoms with Crippen LogP contribution in [0.1, 0.15) is 13.3 Å². The zero-order chi connectivity index (χ0) is 12.4. The molecule has 0 saturated carbocycles. The molecule has 0 atom stereocenters. The first-order valence-electron chi connectivity index (χ1n) is 5.51. The van der Waals surface area contributed by atoms with Crippen LogP contribution in [0.3, 0.4) is 0 Å². The van der Waals surface area contributed by atoms with Crippen molar-refractivity contribution in [3.63, 3.8) is 0 Å². The summed E-state index contributed by atoms with van der Waals surface area (Å²) in [5.41, 5.74) is 0. The summed E-state index contributed by atoms with van der Waals surface area (Å²) in [6.07, 6.45) is -3.23. The number of hydrogen-bond acceptors (Lipinski definition) is 3. The Morgan fingerprint density at radius 1 is 1.19 bits per heavy atom. The zero-order valence-corrected chi connectivity index (χ0v) is 9.94. The average Bonchev–Trinajstić information content (AvgIpc) is 2.19. The summed E-state index contributed by atoms with van der Waals surface area (Å²) >= 11 is 0. The van der Waals surface area contributed by atoms with Gasteiger partial charge in [0.2, 0.25) is 0 Å². The van der Waals surface area contributed by atoms with Crippen LogP contribution in [0.2, 0.25) is 0 Å². The van der Waals surface area contributed by atoms with Crippen molar-refractivity contribution in [3.8, 4) is 0 Å². The fourth-order valence-corrected chi connectivity index (χ4v) is 1.30. The van der Waals surface area contributed by atoms with Crippen molar-refractivity contribution in [3.05, 3.63) is 0 Å². The van der Waals surface area contributed by atoms with E-state index in [0.717, 1.165) is 26.1 Å². The third-order valence-electron chi connectivity index (χ3n) is 2.04. The van der Waals surface area contributed by atoms with Gasteiger partial charge >= 0.3 is 6.18 Å². The summed E-state index contributed by atoms with van der Waals surface area (Å²) in [5.74, 6) is 0. The van der Waals surface area contributed by atoms with Gasteiger partial charge in [0.15, 0.2) is 0 Å². The van der Waals surface area contributed by atoms with Crippen molar-refractivity contribution < 1.29 is 17.9 Å². The second-order valence-corrected chi connectivity index (χ2v) is 3.61. The molecular formula is C10H21F3N2O. The lowest BCUT2D eigenvalue weighted by Crippen LogP contribution is -2.34. The number of nitrogens with zero attached hydrogens (tertiary/aromatic N) is 1. The monoisotopic (exact) mass is 242 g/mol. The van der Waals surface area contributed by atoms with Gasteiger partial charge in [-0.15, -0.1) is 0 Å². The third-order valence-corrected chi connectivity index (χ3v) is 2.04. The SMILES string of the molecule is CCCN(CCNC)CCOCC(F)(F)F. The van der Waals surface area contributed by atoms with Crippen molar-refractivity contribution in [2.24, 2.45) is 0 Å². The van der Waals surface area contributed by atoms with Gasteiger partial charge in [-0.2, -0.15) is 13.2 Å². The van der Waals surface area contributed by atoms with Gasteiger partial charge in [-0.25, -0.2) is 0 Å². The number of ether oxygens (including phenoxy) is 1. The van der Waals surface area contributed by atoms with E-state index in [1.54, 1.807) is 0 Å². The fourth-order valence-electron chi connectivity index (χ4n) is 1.30. The standard InChI is InChI=1S/C10H21F3N2O/c1-3-5-15(6-4-14-2)7-8-16-9-10(11,12)13/h14H,3-9H2,1-2H3. The van der Waals surface area contributed by atoms with Gasteiger partial charge < -0.3 is 10.1 Å². The normalized spacial score (nSPS) is 12.4. The van der Waals surface area contributed by atoms with Crippen LogP contribution in [0, 0.1) is 0 Å². The maximum atomic E-state index is 11.8. The summed E-state index contributed by atoms with van der Waals surface area (Å²) < 4.78 is 39.9. The van der Waals surface area contributed by atoms with Gasteiger partial charge in [0, 0.05) is 19.6 Å². The summed E-state index contributed by atoms with van der Waals surface area (Å²) in [5, 5.41) is 3.01. The van der Waals surface area contributed by atoms with Crippen LogP contribution < -0.4 is 5.32 Å². The molecule has 0 rings (SSSR count). The van der Waals surface area contributed by atoms with Gasteiger partial charge in [0.1, 0.15) is 6.61 Å². The first-order chi connectivity index (χ1) is 7.49. The van der Waals surface area contributed by atoms with Crippen molar-refractivity contribution in [1.82, 2.24) is 10.2 Å². The van der Waals surface area contributed by atoms with Crippen LogP contribution in [0.25, 0.3) is 0 Å². The lowest BCUT2D eigenvalue weighted by molar-refractivity contribution is -0.174. The molecule has 0 amide bonds. The van der Waals surface area contributed by atoms with Crippen LogP contribution in [-0.4, -0.2) is 57.5 Å². The molecule has 0 saturated heterocycles. The molecule has 0 aromatic rings. The molecule has 0 aromatic carbocycles. The predicted octanol–water partition coefficient (Wildman–Crippen LogP) is 1.50. The highest BCUT2D eigenvalue weighted by molar-refractivity contribution is 4.58. The molecule has 0 bridgehead atoms. The van der Waals surface area contributed by atoms with E-state index in [0.29, 0.717) is 6.54 Å². The van der Waals surface area contributed by atoms with E-state index in [2.05, 4.69) is 15.0 Å². The molecule has 0 fully saturated rings. The van der Waals surface area contributed by atoms with Gasteiger partial charge in [0.25, 0.3) is 0 Å². The van der Waals surface area contributed by atoms with E-state index in [4.69, 9.17) is 0 Å². The molecule has 0 heterocycles. The first-order valence-corrected chi connectivity index (χ1v) is 5.51. The van der Waals surface area contributed by atoms with Crippen LogP contribution in [-0.2, 0) is 4.74 Å². The number of rotatable bonds is 9. The van der Waals surface area contributed by atoms with Crippen molar-refractivity contribution in [1.29, 1.82) is 0 Å². The van der Waals surface area contributed by atoms with Gasteiger partial charge in [-0.3, -0.25) is 4.90 Å². The Balaban J connectivity index is 3.59. The van der Waals surface area contributed by atoms with E-state index in [9.17, 15) is 13.2 Å². The summed E-state index contributed by atoms with van der Waals surface area (Å²) in [4.78, 5) is 2.09. The van der Waals surface area contributed by atoms with Crippen molar-refractivity contribution in [2.75, 3.05) is 46.4 Å². The molecule has 0 spiro atoms. The van der Waals surface area contributed by atoms with Crippen LogP contribution in [0.5, 0.6) is 0 Å². The minimum Gasteiger partial charge on any atom is -0.371 e. The largest absolute Gasteiger partial charge is 0.411 e. The van der Waals surface area contributed by atoms with Crippen molar-refractivity contribution >= 4 is 0 Å². The zero-order valence-electron chi connectivity index (χ0n) is 9.94. The van der Waals surface area contributed by atoms with Crippen molar-refractivity contribution in [2.45, 2.75) is 19.5 Å². The number of likely N-dealkylation sites (N-methyl/N-ethyl adjacent to an activating group) is 1. The van der Waals surface area contributed by atoms with E-state index < -0.39 is 12.8 Å². The summed E-state index contributed by atoms with van der Waals surface area (Å²) in [6, 6.07) is 0. The highest BCUT2D eigenvalue weighted by Crippen LogP contribution is 2.14. The first kappa shape index (κ1) is 15.7. The Labute approximate surface area is 94.9 Å². The smallest absolute Gasteiger partial charge is 0.371 e. The van der Waals surface area contributed by atoms with Gasteiger partial charge in [-0.05, 0) is 20.0 Å². The number of nitrogens with one attached hydrogen (secondary N) is 1. The molecule has 16 heavy (non-hydrogen) atoms. The molecule has 0 aliphatic heterocycles. The molecule has 6 heteroatoms. The second-order valence-electron chi connectivity index (χ2n) is 3.61. The summed E-state index contributed by atoms with van der Waals surface area (Å²) in [6.45, 7) is 4.12. The highest BCUT2D eigenvalue weighted by Gasteiger charge is 2.27. The maximum Gasteiger partial charge on any atom is 0.411 e. The van der Waals surface area contributed by atoms with E-state index in [1.165, 1.54) is 0 Å². The quantitative estimate of drug-likeness (QED) is 0.620. The minimum atomic E-state index is -4.22. The Hall–Kier alpha value is -0.330. The Morgan fingerprint density at radius 3 is 2.38 bits per heavy atom. The second kappa shape index (κ2) is 8.78. The predicted molar refractivity (Wildman–Crippen MR) is 57.5 cm³/mol. The number of alkyl halides is 3. The molecule has 0 aromatic heterocycles. The molecule has 0 unspecified atom stereocenters. The Morgan fingerprint density at radius 2 is 1.88 bits per heavy atom. The van der Waals surface area contributed by atoms with Crippen LogP contribution in [0.15, 0.2) is 0 Å². The highest BCUT2D eigenvalue weighted by atomic mass is 19.4. The minimum absolute atomic E-state index is 0.128. The molecule has 3 nitrogen and oxygen atoms in total. The molecule has 0 aliphatic rings. The van der Waals surface area contributed by atoms with E-state index in [1.807, 2.05) is 14.0 Å². The van der Waals surface area contributed by atoms with Crippen LogP contribution in [0.4, 0.5) is 13.2 Å². The molecule has 0 aliphatic carbocycles. The fraction of sp³-hybridized carbons (Fsp3) is 1.00. The Kier molecular flexibility index (Phi) is 8.60. The third kappa shape index (κ3) is 10.2. The molecule has 0 radical (unpaired) electrons. The van der Waals surface area contributed by atoms with Gasteiger partial charge in [0.05, 0.1) is 6.61 Å². The van der Waals surface area contributed by atoms with Gasteiger partial charge in [-0.1, -0.05) is 6.92 Å². The molecule has 98 valence electrons. The van der Waals surface area contributed by atoms with Crippen LogP contribution >= 0.6 is 0 Å². The Bertz CT molecular complexity index is 165. The lowest BCUT2D eigenvalue weighted by atomic mass is 10.4. The number of hydrogen-bond donors (Lipinski definition) is 1. The summed E-state index contributed by atoms with van der Waals surface area (Å²) in [7, 11) is 1.85. The number of halogens is 3. The molecular weight excluding hydrogens is 221 g/mol.